The number of hydrogen-bond donors (Lipinski definition) is 6. The van der Waals surface area contributed by atoms with Crippen molar-refractivity contribution in [3.05, 3.63) is 192 Å². The maximum Gasteiger partial charge on any atom is 0.305 e. The van der Waals surface area contributed by atoms with Gasteiger partial charge in [0.1, 0.15) is 6.33 Å². The number of aromatic amines is 2. The number of H-pyrrole nitrogens is 2. The molecule has 4 aliphatic rings. The quantitative estimate of drug-likeness (QED) is 0.0373. The van der Waals surface area contributed by atoms with Gasteiger partial charge < -0.3 is 36.0 Å². The van der Waals surface area contributed by atoms with Crippen molar-refractivity contribution in [2.24, 2.45) is 17.8 Å². The molecule has 3 unspecified atom stereocenters. The second-order valence-corrected chi connectivity index (χ2v) is 21.6. The van der Waals surface area contributed by atoms with Crippen LogP contribution in [0.5, 0.6) is 0 Å². The number of fused-ring (bicyclic) bond motifs is 10. The molecule has 8 bridgehead atoms. The van der Waals surface area contributed by atoms with Crippen molar-refractivity contribution >= 4 is 75.7 Å². The van der Waals surface area contributed by atoms with Crippen LogP contribution in [-0.4, -0.2) is 90.8 Å². The average molecular weight is 1110 g/mol. The van der Waals surface area contributed by atoms with Crippen molar-refractivity contribution in [2.75, 3.05) is 43.9 Å². The number of amides is 2. The zero-order valence-corrected chi connectivity index (χ0v) is 46.4. The maximum absolute atomic E-state index is 13.9. The molecule has 16 heteroatoms. The lowest BCUT2D eigenvalue weighted by Crippen LogP contribution is -2.29. The van der Waals surface area contributed by atoms with Crippen molar-refractivity contribution in [1.82, 2.24) is 50.3 Å². The number of anilines is 2. The third kappa shape index (κ3) is 11.1. The van der Waals surface area contributed by atoms with Crippen LogP contribution < -0.4 is 21.3 Å². The van der Waals surface area contributed by atoms with Crippen LogP contribution in [-0.2, 0) is 32.0 Å². The summed E-state index contributed by atoms with van der Waals surface area (Å²) in [6.45, 7) is 0.968. The number of nitrogens with one attached hydrogen (secondary N) is 6. The lowest BCUT2D eigenvalue weighted by atomic mass is 9.94. The highest BCUT2D eigenvalue weighted by molar-refractivity contribution is 6.03. The molecule has 0 spiro atoms. The van der Waals surface area contributed by atoms with Crippen molar-refractivity contribution in [3.63, 3.8) is 0 Å². The van der Waals surface area contributed by atoms with Gasteiger partial charge in [0.15, 0.2) is 11.6 Å². The minimum Gasteiger partial charge on any atom is -0.465 e. The Bertz CT molecular complexity index is 4140. The average Bonchev–Trinajstić information content (AvgIpc) is 3.18. The van der Waals surface area contributed by atoms with Gasteiger partial charge in [-0.25, -0.2) is 15.0 Å². The zero-order chi connectivity index (χ0) is 56.9. The summed E-state index contributed by atoms with van der Waals surface area (Å²) in [5, 5.41) is 21.4. The van der Waals surface area contributed by atoms with E-state index in [1.807, 2.05) is 77.5 Å². The smallest absolute Gasteiger partial charge is 0.305 e. The van der Waals surface area contributed by atoms with Crippen LogP contribution in [0.1, 0.15) is 59.6 Å². The molecule has 1 fully saturated rings. The molecular weight excluding hydrogens is 1050 g/mol. The van der Waals surface area contributed by atoms with E-state index in [1.54, 1.807) is 19.6 Å². The number of para-hydroxylation sites is 1. The highest BCUT2D eigenvalue weighted by Crippen LogP contribution is 2.54. The van der Waals surface area contributed by atoms with Gasteiger partial charge in [0.25, 0.3) is 0 Å². The molecule has 0 radical (unpaired) electrons. The number of esters is 1. The van der Waals surface area contributed by atoms with Gasteiger partial charge in [-0.3, -0.25) is 19.0 Å². The number of imidazole rings is 1. The van der Waals surface area contributed by atoms with Gasteiger partial charge in [-0.1, -0.05) is 109 Å². The molecule has 5 aromatic heterocycles. The fourth-order valence-electron chi connectivity index (χ4n) is 12.3. The monoisotopic (exact) mass is 1110 g/mol. The fourth-order valence-corrected chi connectivity index (χ4v) is 12.3. The van der Waals surface area contributed by atoms with E-state index in [1.165, 1.54) is 0 Å². The summed E-state index contributed by atoms with van der Waals surface area (Å²) in [5.74, 6) is 1.91. The first-order chi connectivity index (χ1) is 41.3. The Morgan fingerprint density at radius 2 is 1.14 bits per heavy atom. The number of nitrogens with zero attached hydrogens (tertiary/aromatic N) is 6. The first kappa shape index (κ1) is 53.3. The Kier molecular flexibility index (Phi) is 15.1. The van der Waals surface area contributed by atoms with Crippen molar-refractivity contribution in [2.45, 2.75) is 38.5 Å². The molecule has 4 aromatic carbocycles. The number of hydrogen-bond acceptors (Lipinski definition) is 11. The van der Waals surface area contributed by atoms with Crippen molar-refractivity contribution in [1.29, 1.82) is 0 Å². The number of ether oxygens (including phenoxy) is 1. The molecule has 16 nitrogen and oxygen atoms in total. The number of benzene rings is 4. The summed E-state index contributed by atoms with van der Waals surface area (Å²) in [5.41, 5.74) is 17.0. The Hall–Kier alpha value is -10.1. The van der Waals surface area contributed by atoms with Crippen LogP contribution in [0.4, 0.5) is 11.5 Å². The standard InChI is InChI=1S/C68H62N12O4/c1-69-60(81)39-72-67-47-25-23-45-46(24-26-48(47)68(79-78-67)80-37-36-71-41-80)50(45)40-84-62(83)22-13-35-70-38-61(82)77-51-21-12-11-20-49(51)66-58-33-31-56(75-58)64(43-16-7-3-8-17-43)54-29-27-52(73-54)63(42-14-5-2-6-15-42)53-28-30-55(74-53)65(44-18-9-4-10-19-44)57-32-34-59(66)76-57/h2-12,14-21,27-34,36-37,41,45-46,50,70,73,76H,13,22-26,35,38-40H2,1H3,(H,69,81)(H,72,78)(H,77,82). The van der Waals surface area contributed by atoms with Crippen LogP contribution in [0.2, 0.25) is 0 Å². The number of likely N-dealkylation sites (N-methyl/N-ethyl adjacent to an activating group) is 1. The molecule has 6 N–H and O–H groups in total. The first-order valence-electron chi connectivity index (χ1n) is 28.7. The second-order valence-electron chi connectivity index (χ2n) is 21.6. The molecule has 1 saturated carbocycles. The molecule has 2 aliphatic carbocycles. The largest absolute Gasteiger partial charge is 0.465 e. The van der Waals surface area contributed by atoms with Gasteiger partial charge in [-0.15, -0.1) is 10.2 Å². The molecule has 3 atom stereocenters. The third-order valence-electron chi connectivity index (χ3n) is 16.4. The van der Waals surface area contributed by atoms with Gasteiger partial charge >= 0.3 is 5.97 Å². The van der Waals surface area contributed by atoms with E-state index in [4.69, 9.17) is 14.7 Å². The van der Waals surface area contributed by atoms with Crippen LogP contribution in [0.3, 0.4) is 0 Å². The molecule has 7 heterocycles. The minimum atomic E-state index is -0.247. The number of aromatic nitrogens is 8. The predicted molar refractivity (Wildman–Crippen MR) is 331 cm³/mol. The predicted octanol–water partition coefficient (Wildman–Crippen LogP) is 11.7. The SMILES string of the molecule is CNC(=O)CNc1nnc(-n2ccnc2)c2c1CCC1C(CC2)C1COC(=O)CCCNCC(=O)Nc1ccccc1-c1c2nc(c(-c3ccccc3)c3ccc([nH]3)c(-c3ccccc3)c3nc(c(-c4ccccc4)c4ccc1[nH]4)C=C3)C=C2. The van der Waals surface area contributed by atoms with E-state index >= 15 is 0 Å². The van der Waals surface area contributed by atoms with Crippen LogP contribution in [0.25, 0.3) is 96.7 Å². The van der Waals surface area contributed by atoms with E-state index in [0.29, 0.717) is 42.9 Å². The lowest BCUT2D eigenvalue weighted by molar-refractivity contribution is -0.144. The summed E-state index contributed by atoms with van der Waals surface area (Å²) in [6, 6.07) is 47.2. The van der Waals surface area contributed by atoms with E-state index < -0.39 is 0 Å². The van der Waals surface area contributed by atoms with Crippen LogP contribution >= 0.6 is 0 Å². The highest BCUT2D eigenvalue weighted by atomic mass is 16.5. The summed E-state index contributed by atoms with van der Waals surface area (Å²) >= 11 is 0. The van der Waals surface area contributed by atoms with Gasteiger partial charge in [0.05, 0.1) is 42.5 Å². The minimum absolute atomic E-state index is 0.0373. The van der Waals surface area contributed by atoms with Gasteiger partial charge in [0, 0.05) is 92.6 Å². The molecular formula is C68H62N12O4. The van der Waals surface area contributed by atoms with Crippen molar-refractivity contribution < 1.29 is 19.1 Å². The van der Waals surface area contributed by atoms with Crippen LogP contribution in [0.15, 0.2) is 158 Å². The van der Waals surface area contributed by atoms with E-state index in [-0.39, 0.29) is 43.2 Å². The Labute approximate surface area is 485 Å². The highest BCUT2D eigenvalue weighted by Gasteiger charge is 2.50. The van der Waals surface area contributed by atoms with Gasteiger partial charge in [0.2, 0.25) is 11.8 Å². The third-order valence-corrected chi connectivity index (χ3v) is 16.4. The van der Waals surface area contributed by atoms with Gasteiger partial charge in [-0.05, 0) is 128 Å². The Morgan fingerprint density at radius 1 is 0.607 bits per heavy atom. The van der Waals surface area contributed by atoms with Gasteiger partial charge in [-0.2, -0.15) is 0 Å². The molecule has 13 rings (SSSR count). The molecule has 0 saturated heterocycles. The Balaban J connectivity index is 0.728. The first-order valence-corrected chi connectivity index (χ1v) is 28.7. The summed E-state index contributed by atoms with van der Waals surface area (Å²) in [4.78, 5) is 61.9. The summed E-state index contributed by atoms with van der Waals surface area (Å²) in [7, 11) is 1.61. The normalized spacial score (nSPS) is 15.8. The lowest BCUT2D eigenvalue weighted by Gasteiger charge is -2.19. The molecule has 84 heavy (non-hydrogen) atoms. The summed E-state index contributed by atoms with van der Waals surface area (Å²) < 4.78 is 7.78. The Morgan fingerprint density at radius 3 is 1.70 bits per heavy atom. The zero-order valence-electron chi connectivity index (χ0n) is 46.4. The molecule has 418 valence electrons. The van der Waals surface area contributed by atoms with Crippen molar-refractivity contribution in [3.8, 4) is 50.3 Å². The maximum atomic E-state index is 13.9. The fraction of sp³-hybridized carbons (Fsp3) is 0.206. The molecule has 9 aromatic rings. The summed E-state index contributed by atoms with van der Waals surface area (Å²) in [6.07, 6.45) is 17.8. The number of carbonyl (C=O) groups excluding carboxylic acids is 3. The van der Waals surface area contributed by atoms with E-state index in [0.717, 1.165) is 132 Å². The second kappa shape index (κ2) is 23.8. The molecule has 2 amide bonds. The topological polar surface area (TPSA) is 210 Å². The van der Waals surface area contributed by atoms with E-state index in [9.17, 15) is 14.4 Å². The van der Waals surface area contributed by atoms with Crippen LogP contribution in [0, 0.1) is 17.8 Å². The number of carbonyl (C=O) groups is 3. The number of rotatable bonds is 17. The molecule has 2 aliphatic heterocycles. The van der Waals surface area contributed by atoms with E-state index in [2.05, 4.69) is 144 Å².